The fourth-order valence-electron chi connectivity index (χ4n) is 2.24. The van der Waals surface area contributed by atoms with Crippen molar-refractivity contribution >= 4 is 11.6 Å². The van der Waals surface area contributed by atoms with Crippen LogP contribution in [0.5, 0.6) is 0 Å². The molecular formula is C11H14N6. The number of nitrogen functional groups attached to an aromatic ring is 1. The van der Waals surface area contributed by atoms with Crippen molar-refractivity contribution in [1.29, 1.82) is 0 Å². The highest BCUT2D eigenvalue weighted by Gasteiger charge is 2.20. The molecule has 1 aromatic heterocycles. The van der Waals surface area contributed by atoms with E-state index in [1.807, 2.05) is 19.2 Å². The Morgan fingerprint density at radius 3 is 2.94 bits per heavy atom. The monoisotopic (exact) mass is 230 g/mol. The lowest BCUT2D eigenvalue weighted by Gasteiger charge is -2.28. The van der Waals surface area contributed by atoms with Crippen LogP contribution in [0, 0.1) is 0 Å². The van der Waals surface area contributed by atoms with E-state index in [-0.39, 0.29) is 0 Å². The van der Waals surface area contributed by atoms with Gasteiger partial charge in [-0.3, -0.25) is 0 Å². The van der Waals surface area contributed by atoms with Crippen LogP contribution >= 0.6 is 0 Å². The first-order valence-corrected chi connectivity index (χ1v) is 5.58. The number of nitrogens with two attached hydrogens (primary N) is 1. The largest absolute Gasteiger partial charge is 0.399 e. The van der Waals surface area contributed by atoms with Crippen molar-refractivity contribution in [1.82, 2.24) is 20.2 Å². The zero-order valence-corrected chi connectivity index (χ0v) is 9.67. The van der Waals surface area contributed by atoms with Crippen molar-refractivity contribution in [2.75, 3.05) is 17.2 Å². The molecule has 0 fully saturated rings. The molecule has 0 spiro atoms. The lowest BCUT2D eigenvalue weighted by Crippen LogP contribution is -2.32. The van der Waals surface area contributed by atoms with E-state index in [0.29, 0.717) is 0 Å². The minimum atomic E-state index is 0.804. The second-order valence-electron chi connectivity index (χ2n) is 4.30. The summed E-state index contributed by atoms with van der Waals surface area (Å²) < 4.78 is 1.69. The van der Waals surface area contributed by atoms with Crippen molar-refractivity contribution in [2.24, 2.45) is 7.05 Å². The van der Waals surface area contributed by atoms with Crippen LogP contribution in [0.25, 0.3) is 0 Å². The van der Waals surface area contributed by atoms with Gasteiger partial charge < -0.3 is 10.6 Å². The van der Waals surface area contributed by atoms with Crippen LogP contribution in [0.4, 0.5) is 11.6 Å². The Hall–Kier alpha value is -2.11. The number of anilines is 2. The second kappa shape index (κ2) is 3.73. The Bertz CT molecular complexity index is 547. The highest BCUT2D eigenvalue weighted by atomic mass is 15.6. The average Bonchev–Trinajstić information content (AvgIpc) is 2.74. The van der Waals surface area contributed by atoms with Crippen molar-refractivity contribution in [3.8, 4) is 0 Å². The van der Waals surface area contributed by atoms with E-state index in [4.69, 9.17) is 5.73 Å². The lowest BCUT2D eigenvalue weighted by molar-refractivity contribution is 0.656. The van der Waals surface area contributed by atoms with Crippen molar-refractivity contribution < 1.29 is 0 Å². The first-order valence-electron chi connectivity index (χ1n) is 5.58. The Morgan fingerprint density at radius 2 is 2.18 bits per heavy atom. The number of nitrogens with zero attached hydrogens (tertiary/aromatic N) is 5. The quantitative estimate of drug-likeness (QED) is 0.716. The van der Waals surface area contributed by atoms with E-state index in [1.54, 1.807) is 4.68 Å². The van der Waals surface area contributed by atoms with Gasteiger partial charge in [-0.25, -0.2) is 4.68 Å². The molecular weight excluding hydrogens is 216 g/mol. The Balaban J connectivity index is 1.92. The SMILES string of the molecule is Cn1nnnc1N1CCc2ccc(N)cc2C1. The first-order chi connectivity index (χ1) is 8.24. The van der Waals surface area contributed by atoms with Crippen LogP contribution in [0.1, 0.15) is 11.1 Å². The van der Waals surface area contributed by atoms with E-state index < -0.39 is 0 Å². The third-order valence-corrected chi connectivity index (χ3v) is 3.12. The highest BCUT2D eigenvalue weighted by molar-refractivity contribution is 5.48. The summed E-state index contributed by atoms with van der Waals surface area (Å²) >= 11 is 0. The molecule has 0 atom stereocenters. The summed E-state index contributed by atoms with van der Waals surface area (Å²) in [5, 5.41) is 11.6. The topological polar surface area (TPSA) is 72.9 Å². The summed E-state index contributed by atoms with van der Waals surface area (Å²) in [5.74, 6) is 0.804. The summed E-state index contributed by atoms with van der Waals surface area (Å²) in [4.78, 5) is 2.17. The van der Waals surface area contributed by atoms with Crippen molar-refractivity contribution in [2.45, 2.75) is 13.0 Å². The number of benzene rings is 1. The number of hydrogen-bond acceptors (Lipinski definition) is 5. The summed E-state index contributed by atoms with van der Waals surface area (Å²) in [6.45, 7) is 1.75. The number of hydrogen-bond donors (Lipinski definition) is 1. The molecule has 17 heavy (non-hydrogen) atoms. The maximum absolute atomic E-state index is 5.81. The number of rotatable bonds is 1. The van der Waals surface area contributed by atoms with Gasteiger partial charge in [0.15, 0.2) is 0 Å². The van der Waals surface area contributed by atoms with Gasteiger partial charge in [-0.1, -0.05) is 11.2 Å². The molecule has 0 unspecified atom stereocenters. The highest BCUT2D eigenvalue weighted by Crippen LogP contribution is 2.23. The molecule has 1 aromatic carbocycles. The number of fused-ring (bicyclic) bond motifs is 1. The Morgan fingerprint density at radius 1 is 1.29 bits per heavy atom. The number of aromatic nitrogens is 4. The maximum Gasteiger partial charge on any atom is 0.245 e. The summed E-state index contributed by atoms with van der Waals surface area (Å²) in [6.07, 6.45) is 1.00. The molecule has 6 nitrogen and oxygen atoms in total. The molecule has 88 valence electrons. The number of aryl methyl sites for hydroxylation is 1. The Kier molecular flexibility index (Phi) is 2.21. The van der Waals surface area contributed by atoms with Gasteiger partial charge in [-0.05, 0) is 40.1 Å². The van der Waals surface area contributed by atoms with E-state index in [1.165, 1.54) is 11.1 Å². The summed E-state index contributed by atoms with van der Waals surface area (Å²) in [6, 6.07) is 6.10. The van der Waals surface area contributed by atoms with Gasteiger partial charge in [0.1, 0.15) is 0 Å². The molecule has 0 amide bonds. The van der Waals surface area contributed by atoms with Gasteiger partial charge in [-0.15, -0.1) is 0 Å². The zero-order valence-electron chi connectivity index (χ0n) is 9.67. The average molecular weight is 230 g/mol. The van der Waals surface area contributed by atoms with Gasteiger partial charge in [0.25, 0.3) is 0 Å². The van der Waals surface area contributed by atoms with E-state index >= 15 is 0 Å². The predicted molar refractivity (Wildman–Crippen MR) is 64.4 cm³/mol. The fraction of sp³-hybridized carbons (Fsp3) is 0.364. The van der Waals surface area contributed by atoms with Crippen LogP contribution in [0.15, 0.2) is 18.2 Å². The van der Waals surface area contributed by atoms with Gasteiger partial charge >= 0.3 is 0 Å². The molecule has 2 N–H and O–H groups in total. The van der Waals surface area contributed by atoms with Crippen molar-refractivity contribution in [3.05, 3.63) is 29.3 Å². The smallest absolute Gasteiger partial charge is 0.245 e. The molecule has 1 aliphatic heterocycles. The molecule has 3 rings (SSSR count). The fourth-order valence-corrected chi connectivity index (χ4v) is 2.24. The standard InChI is InChI=1S/C11H14N6/c1-16-11(13-14-15-16)17-5-4-8-2-3-10(12)6-9(8)7-17/h2-3,6H,4-5,7,12H2,1H3. The molecule has 1 aliphatic rings. The normalized spacial score (nSPS) is 14.8. The molecule has 0 saturated heterocycles. The zero-order chi connectivity index (χ0) is 11.8. The van der Waals surface area contributed by atoms with Crippen molar-refractivity contribution in [3.63, 3.8) is 0 Å². The lowest BCUT2D eigenvalue weighted by atomic mass is 9.99. The predicted octanol–water partition coefficient (Wildman–Crippen LogP) is 0.355. The molecule has 0 saturated carbocycles. The van der Waals surface area contributed by atoms with Crippen LogP contribution in [0.2, 0.25) is 0 Å². The molecule has 0 radical (unpaired) electrons. The van der Waals surface area contributed by atoms with Crippen LogP contribution in [0.3, 0.4) is 0 Å². The van der Waals surface area contributed by atoms with Crippen LogP contribution in [-0.4, -0.2) is 26.8 Å². The molecule has 6 heteroatoms. The summed E-state index contributed by atoms with van der Waals surface area (Å²) in [5.41, 5.74) is 9.25. The molecule has 0 bridgehead atoms. The van der Waals surface area contributed by atoms with Gasteiger partial charge in [0, 0.05) is 25.8 Å². The molecule has 2 aromatic rings. The summed E-state index contributed by atoms with van der Waals surface area (Å²) in [7, 11) is 1.85. The molecule has 2 heterocycles. The van der Waals surface area contributed by atoms with Crippen LogP contribution < -0.4 is 10.6 Å². The van der Waals surface area contributed by atoms with Gasteiger partial charge in [0.2, 0.25) is 5.95 Å². The van der Waals surface area contributed by atoms with Crippen LogP contribution in [-0.2, 0) is 20.0 Å². The van der Waals surface area contributed by atoms with E-state index in [2.05, 4.69) is 26.5 Å². The van der Waals surface area contributed by atoms with Gasteiger partial charge in [0.05, 0.1) is 0 Å². The minimum absolute atomic E-state index is 0.804. The first kappa shape index (κ1) is 10.1. The minimum Gasteiger partial charge on any atom is -0.399 e. The third kappa shape index (κ3) is 1.71. The van der Waals surface area contributed by atoms with E-state index in [9.17, 15) is 0 Å². The number of tetrazole rings is 1. The molecule has 0 aliphatic carbocycles. The van der Waals surface area contributed by atoms with Gasteiger partial charge in [-0.2, -0.15) is 0 Å². The maximum atomic E-state index is 5.81. The third-order valence-electron chi connectivity index (χ3n) is 3.12. The second-order valence-corrected chi connectivity index (χ2v) is 4.30. The van der Waals surface area contributed by atoms with E-state index in [0.717, 1.165) is 31.1 Å². The Labute approximate surface area is 99.0 Å².